The van der Waals surface area contributed by atoms with E-state index >= 15 is 0 Å². The van der Waals surface area contributed by atoms with Crippen LogP contribution in [0, 0.1) is 0 Å². The molecule has 0 heterocycles. The minimum atomic E-state index is 1.04. The summed E-state index contributed by atoms with van der Waals surface area (Å²) < 4.78 is 0. The molecule has 0 fully saturated rings. The van der Waals surface area contributed by atoms with Crippen LogP contribution in [-0.2, 0) is 0 Å². The van der Waals surface area contributed by atoms with Crippen molar-refractivity contribution in [2.24, 2.45) is 0 Å². The van der Waals surface area contributed by atoms with Crippen molar-refractivity contribution in [1.82, 2.24) is 0 Å². The van der Waals surface area contributed by atoms with Crippen LogP contribution in [0.2, 0.25) is 0 Å². The average Bonchev–Trinajstić information content (AvgIpc) is 2.14. The van der Waals surface area contributed by atoms with Crippen LogP contribution in [-0.4, -0.2) is 0 Å². The second kappa shape index (κ2) is 1.99. The molecule has 0 aromatic heterocycles. The second-order valence-electron chi connectivity index (χ2n) is 1.95. The van der Waals surface area contributed by atoms with Crippen molar-refractivity contribution < 1.29 is 0 Å². The molecule has 0 bridgehead atoms. The molecule has 0 nitrogen and oxygen atoms in total. The first-order valence-electron chi connectivity index (χ1n) is 2.85. The van der Waals surface area contributed by atoms with Crippen molar-refractivity contribution in [2.75, 3.05) is 0 Å². The van der Waals surface area contributed by atoms with Crippen LogP contribution >= 0.6 is 0 Å². The highest BCUT2D eigenvalue weighted by Crippen LogP contribution is 2.20. The van der Waals surface area contributed by atoms with Crippen LogP contribution in [0.25, 0.3) is 0 Å². The van der Waals surface area contributed by atoms with E-state index in [1.54, 1.807) is 0 Å². The fourth-order valence-electron chi connectivity index (χ4n) is 0.864. The van der Waals surface area contributed by atoms with Gasteiger partial charge in [-0.2, -0.15) is 0 Å². The van der Waals surface area contributed by atoms with Gasteiger partial charge in [-0.3, -0.25) is 0 Å². The third kappa shape index (κ3) is 0.738. The van der Waals surface area contributed by atoms with Crippen molar-refractivity contribution in [1.29, 1.82) is 0 Å². The van der Waals surface area contributed by atoms with Gasteiger partial charge in [0.25, 0.3) is 0 Å². The Bertz CT molecular complexity index is 159. The van der Waals surface area contributed by atoms with Gasteiger partial charge in [0.1, 0.15) is 0 Å². The van der Waals surface area contributed by atoms with Crippen LogP contribution in [0.3, 0.4) is 0 Å². The Morgan fingerprint density at radius 1 is 1.75 bits per heavy atom. The molecule has 0 aromatic rings. The van der Waals surface area contributed by atoms with E-state index in [9.17, 15) is 0 Å². The van der Waals surface area contributed by atoms with Gasteiger partial charge in [-0.05, 0) is 24.5 Å². The first kappa shape index (κ1) is 5.36. The zero-order chi connectivity index (χ0) is 5.98. The molecule has 1 aliphatic rings. The number of rotatable bonds is 0. The lowest BCUT2D eigenvalue weighted by atomic mass is 10.1. The fourth-order valence-corrected chi connectivity index (χ4v) is 0.864. The maximum Gasteiger partial charge on any atom is -0.00942 e. The number of allylic oxidation sites excluding steroid dienone is 5. The molecule has 0 saturated carbocycles. The van der Waals surface area contributed by atoms with Crippen molar-refractivity contribution in [3.05, 3.63) is 36.0 Å². The molecule has 0 atom stereocenters. The molecule has 1 aliphatic carbocycles. The first-order valence-corrected chi connectivity index (χ1v) is 2.85. The minimum Gasteiger partial charge on any atom is -0.0949 e. The smallest absolute Gasteiger partial charge is 0.00942 e. The lowest BCUT2D eigenvalue weighted by Crippen LogP contribution is -1.71. The first-order chi connectivity index (χ1) is 3.84. The van der Waals surface area contributed by atoms with E-state index in [1.165, 1.54) is 11.1 Å². The Hall–Kier alpha value is -0.780. The zero-order valence-corrected chi connectivity index (χ0v) is 5.15. The molecule has 0 spiro atoms. The molecule has 0 heteroatoms. The molecule has 0 saturated heterocycles. The van der Waals surface area contributed by atoms with E-state index in [2.05, 4.69) is 24.8 Å². The van der Waals surface area contributed by atoms with Crippen LogP contribution in [0.5, 0.6) is 0 Å². The van der Waals surface area contributed by atoms with Crippen molar-refractivity contribution in [3.63, 3.8) is 0 Å². The maximum atomic E-state index is 3.88. The van der Waals surface area contributed by atoms with Gasteiger partial charge in [0.15, 0.2) is 0 Å². The van der Waals surface area contributed by atoms with Gasteiger partial charge in [-0.15, -0.1) is 0 Å². The lowest BCUT2D eigenvalue weighted by molar-refractivity contribution is 1.33. The van der Waals surface area contributed by atoms with E-state index in [4.69, 9.17) is 0 Å². The second-order valence-corrected chi connectivity index (χ2v) is 1.95. The highest BCUT2D eigenvalue weighted by molar-refractivity contribution is 5.44. The number of hydrogen-bond acceptors (Lipinski definition) is 0. The molecule has 0 aliphatic heterocycles. The van der Waals surface area contributed by atoms with Gasteiger partial charge >= 0.3 is 0 Å². The molecular weight excluding hydrogens is 96.1 g/mol. The summed E-state index contributed by atoms with van der Waals surface area (Å²) in [5.41, 5.74) is 2.54. The van der Waals surface area contributed by atoms with Crippen LogP contribution in [0.1, 0.15) is 13.3 Å². The summed E-state index contributed by atoms with van der Waals surface area (Å²) in [6.07, 6.45) is 7.38. The van der Waals surface area contributed by atoms with Crippen molar-refractivity contribution in [2.45, 2.75) is 13.3 Å². The minimum absolute atomic E-state index is 1.04. The van der Waals surface area contributed by atoms with Gasteiger partial charge in [0.05, 0.1) is 0 Å². The quantitative estimate of drug-likeness (QED) is 0.445. The van der Waals surface area contributed by atoms with Gasteiger partial charge in [-0.25, -0.2) is 0 Å². The van der Waals surface area contributed by atoms with E-state index in [0.717, 1.165) is 6.42 Å². The van der Waals surface area contributed by atoms with Gasteiger partial charge in [0.2, 0.25) is 0 Å². The summed E-state index contributed by atoms with van der Waals surface area (Å²) >= 11 is 0. The van der Waals surface area contributed by atoms with Gasteiger partial charge < -0.3 is 0 Å². The predicted octanol–water partition coefficient (Wildman–Crippen LogP) is 2.45. The molecule has 8 heavy (non-hydrogen) atoms. The summed E-state index contributed by atoms with van der Waals surface area (Å²) in [5, 5.41) is 0. The summed E-state index contributed by atoms with van der Waals surface area (Å²) in [4.78, 5) is 0. The predicted molar refractivity (Wildman–Crippen MR) is 36.7 cm³/mol. The van der Waals surface area contributed by atoms with Crippen molar-refractivity contribution in [3.8, 4) is 0 Å². The lowest BCUT2D eigenvalue weighted by Gasteiger charge is -1.91. The van der Waals surface area contributed by atoms with Crippen LogP contribution in [0.15, 0.2) is 36.0 Å². The summed E-state index contributed by atoms with van der Waals surface area (Å²) in [6.45, 7) is 5.91. The Kier molecular flexibility index (Phi) is 1.34. The molecule has 1 rings (SSSR count). The third-order valence-corrected chi connectivity index (χ3v) is 1.38. The zero-order valence-electron chi connectivity index (χ0n) is 5.15. The molecule has 0 amide bonds. The van der Waals surface area contributed by atoms with Crippen LogP contribution in [0.4, 0.5) is 0 Å². The summed E-state index contributed by atoms with van der Waals surface area (Å²) in [5.74, 6) is 0. The number of hydrogen-bond donors (Lipinski definition) is 0. The standard InChI is InChI=1S/C8H10/c1-3-8-6-4-5-7(8)2/h3-4,6H,2,5H2,1H3. The molecular formula is C8H10. The maximum absolute atomic E-state index is 3.88. The summed E-state index contributed by atoms with van der Waals surface area (Å²) in [6, 6.07) is 0. The molecule has 42 valence electrons. The largest absolute Gasteiger partial charge is 0.0949 e. The van der Waals surface area contributed by atoms with Crippen LogP contribution < -0.4 is 0 Å². The van der Waals surface area contributed by atoms with E-state index in [0.29, 0.717) is 0 Å². The molecule has 0 radical (unpaired) electrons. The molecule has 0 aromatic carbocycles. The highest BCUT2D eigenvalue weighted by atomic mass is 14.1. The monoisotopic (exact) mass is 106 g/mol. The van der Waals surface area contributed by atoms with E-state index in [-0.39, 0.29) is 0 Å². The molecule has 0 unspecified atom stereocenters. The normalized spacial score (nSPS) is 23.1. The van der Waals surface area contributed by atoms with Gasteiger partial charge in [-0.1, -0.05) is 24.8 Å². The van der Waals surface area contributed by atoms with Gasteiger partial charge in [0, 0.05) is 0 Å². The highest BCUT2D eigenvalue weighted by Gasteiger charge is 2.00. The summed E-state index contributed by atoms with van der Waals surface area (Å²) in [7, 11) is 0. The third-order valence-electron chi connectivity index (χ3n) is 1.38. The topological polar surface area (TPSA) is 0 Å². The fraction of sp³-hybridized carbons (Fsp3) is 0.250. The Labute approximate surface area is 50.2 Å². The molecule has 0 N–H and O–H groups in total. The average molecular weight is 106 g/mol. The Morgan fingerprint density at radius 3 is 2.75 bits per heavy atom. The Balaban J connectivity index is 2.82. The Morgan fingerprint density at radius 2 is 2.50 bits per heavy atom. The van der Waals surface area contributed by atoms with Crippen molar-refractivity contribution >= 4 is 0 Å². The SMILES string of the molecule is C=C1CC=CC1=CC. The van der Waals surface area contributed by atoms with E-state index in [1.807, 2.05) is 6.92 Å². The van der Waals surface area contributed by atoms with E-state index < -0.39 is 0 Å².